The Kier molecular flexibility index (Phi) is 3.74. The average Bonchev–Trinajstić information content (AvgIpc) is 2.42. The first-order valence-electron chi connectivity index (χ1n) is 6.51. The SMILES string of the molecule is CCNC(=O)c1cc(O)c(C)c2cccc(C(C)=O)c12. The molecule has 0 aliphatic carbocycles. The zero-order valence-corrected chi connectivity index (χ0v) is 11.8. The van der Waals surface area contributed by atoms with Gasteiger partial charge in [0.1, 0.15) is 5.75 Å². The van der Waals surface area contributed by atoms with Gasteiger partial charge in [0, 0.05) is 17.5 Å². The van der Waals surface area contributed by atoms with Crippen molar-refractivity contribution in [3.8, 4) is 5.75 Å². The van der Waals surface area contributed by atoms with Crippen LogP contribution in [0.4, 0.5) is 0 Å². The standard InChI is InChI=1S/C16H17NO3/c1-4-17-16(20)13-8-14(19)9(2)11-6-5-7-12(10(3)18)15(11)13/h5-8,19H,4H2,1-3H3,(H,17,20). The van der Waals surface area contributed by atoms with Crippen LogP contribution in [0.15, 0.2) is 24.3 Å². The fourth-order valence-electron chi connectivity index (χ4n) is 2.34. The van der Waals surface area contributed by atoms with Gasteiger partial charge in [0.2, 0.25) is 0 Å². The minimum atomic E-state index is -0.290. The topological polar surface area (TPSA) is 66.4 Å². The molecule has 0 aliphatic heterocycles. The molecule has 0 aromatic heterocycles. The van der Waals surface area contributed by atoms with Crippen LogP contribution >= 0.6 is 0 Å². The predicted octanol–water partition coefficient (Wildman–Crippen LogP) is 2.81. The van der Waals surface area contributed by atoms with Gasteiger partial charge in [0.25, 0.3) is 5.91 Å². The van der Waals surface area contributed by atoms with Crippen molar-refractivity contribution in [3.05, 3.63) is 41.0 Å². The van der Waals surface area contributed by atoms with Crippen LogP contribution in [0.5, 0.6) is 5.75 Å². The van der Waals surface area contributed by atoms with Crippen LogP contribution in [0, 0.1) is 6.92 Å². The highest BCUT2D eigenvalue weighted by molar-refractivity contribution is 6.16. The van der Waals surface area contributed by atoms with E-state index < -0.39 is 0 Å². The van der Waals surface area contributed by atoms with Gasteiger partial charge < -0.3 is 10.4 Å². The maximum absolute atomic E-state index is 12.2. The molecule has 20 heavy (non-hydrogen) atoms. The van der Waals surface area contributed by atoms with E-state index in [2.05, 4.69) is 5.32 Å². The second kappa shape index (κ2) is 5.33. The van der Waals surface area contributed by atoms with Crippen molar-refractivity contribution in [2.75, 3.05) is 6.54 Å². The lowest BCUT2D eigenvalue weighted by Gasteiger charge is -2.13. The largest absolute Gasteiger partial charge is 0.508 e. The summed E-state index contributed by atoms with van der Waals surface area (Å²) >= 11 is 0. The first-order valence-corrected chi connectivity index (χ1v) is 6.51. The molecule has 104 valence electrons. The third kappa shape index (κ3) is 2.25. The first kappa shape index (κ1) is 14.1. The number of aryl methyl sites for hydroxylation is 1. The van der Waals surface area contributed by atoms with E-state index in [4.69, 9.17) is 0 Å². The van der Waals surface area contributed by atoms with E-state index in [-0.39, 0.29) is 17.4 Å². The summed E-state index contributed by atoms with van der Waals surface area (Å²) in [7, 11) is 0. The molecule has 0 fully saturated rings. The van der Waals surface area contributed by atoms with Gasteiger partial charge in [-0.2, -0.15) is 0 Å². The van der Waals surface area contributed by atoms with Crippen LogP contribution in [0.2, 0.25) is 0 Å². The number of phenolic OH excluding ortho intramolecular Hbond substituents is 1. The van der Waals surface area contributed by atoms with Crippen LogP contribution in [0.1, 0.15) is 40.1 Å². The lowest BCUT2D eigenvalue weighted by Crippen LogP contribution is -2.23. The van der Waals surface area contributed by atoms with Gasteiger partial charge in [-0.25, -0.2) is 0 Å². The number of amides is 1. The molecular formula is C16H17NO3. The second-order valence-electron chi connectivity index (χ2n) is 4.71. The summed E-state index contributed by atoms with van der Waals surface area (Å²) in [6, 6.07) is 6.69. The minimum absolute atomic E-state index is 0.0551. The van der Waals surface area contributed by atoms with E-state index in [1.807, 2.05) is 6.92 Å². The Morgan fingerprint density at radius 2 is 1.95 bits per heavy atom. The Morgan fingerprint density at radius 1 is 1.25 bits per heavy atom. The van der Waals surface area contributed by atoms with Crippen molar-refractivity contribution in [2.45, 2.75) is 20.8 Å². The number of aromatic hydroxyl groups is 1. The van der Waals surface area contributed by atoms with Crippen molar-refractivity contribution in [1.29, 1.82) is 0 Å². The van der Waals surface area contributed by atoms with Crippen molar-refractivity contribution in [3.63, 3.8) is 0 Å². The number of ketones is 1. The molecule has 0 atom stereocenters. The normalized spacial score (nSPS) is 10.6. The summed E-state index contributed by atoms with van der Waals surface area (Å²) in [4.78, 5) is 24.0. The van der Waals surface area contributed by atoms with Crippen LogP contribution < -0.4 is 5.32 Å². The maximum Gasteiger partial charge on any atom is 0.252 e. The lowest BCUT2D eigenvalue weighted by atomic mass is 9.93. The fourth-order valence-corrected chi connectivity index (χ4v) is 2.34. The van der Waals surface area contributed by atoms with Crippen molar-refractivity contribution >= 4 is 22.5 Å². The minimum Gasteiger partial charge on any atom is -0.508 e. The summed E-state index contributed by atoms with van der Waals surface area (Å²) < 4.78 is 0. The van der Waals surface area contributed by atoms with Gasteiger partial charge >= 0.3 is 0 Å². The monoisotopic (exact) mass is 271 g/mol. The van der Waals surface area contributed by atoms with Crippen molar-refractivity contribution < 1.29 is 14.7 Å². The molecule has 0 bridgehead atoms. The Labute approximate surface area is 117 Å². The van der Waals surface area contributed by atoms with E-state index >= 15 is 0 Å². The molecule has 2 aromatic carbocycles. The van der Waals surface area contributed by atoms with Gasteiger partial charge in [-0.3, -0.25) is 9.59 Å². The first-order chi connectivity index (χ1) is 9.47. The van der Waals surface area contributed by atoms with Gasteiger partial charge in [-0.1, -0.05) is 18.2 Å². The van der Waals surface area contributed by atoms with Crippen molar-refractivity contribution in [1.82, 2.24) is 5.32 Å². The molecule has 0 spiro atoms. The number of phenols is 1. The van der Waals surface area contributed by atoms with Crippen LogP contribution in [0.25, 0.3) is 10.8 Å². The Hall–Kier alpha value is -2.36. The Bertz CT molecular complexity index is 704. The van der Waals surface area contributed by atoms with Gasteiger partial charge in [0.15, 0.2) is 5.78 Å². The number of benzene rings is 2. The molecule has 4 nitrogen and oxygen atoms in total. The zero-order valence-electron chi connectivity index (χ0n) is 11.8. The third-order valence-corrected chi connectivity index (χ3v) is 3.36. The molecule has 0 radical (unpaired) electrons. The number of hydrogen-bond donors (Lipinski definition) is 2. The second-order valence-corrected chi connectivity index (χ2v) is 4.71. The average molecular weight is 271 g/mol. The molecule has 2 N–H and O–H groups in total. The van der Waals surface area contributed by atoms with Gasteiger partial charge in [0.05, 0.1) is 5.56 Å². The summed E-state index contributed by atoms with van der Waals surface area (Å²) in [5.41, 5.74) is 1.48. The predicted molar refractivity (Wildman–Crippen MR) is 78.4 cm³/mol. The molecule has 2 rings (SSSR count). The third-order valence-electron chi connectivity index (χ3n) is 3.36. The number of rotatable bonds is 3. The zero-order chi connectivity index (χ0) is 14.9. The van der Waals surface area contributed by atoms with Crippen molar-refractivity contribution in [2.24, 2.45) is 0 Å². The van der Waals surface area contributed by atoms with Gasteiger partial charge in [-0.15, -0.1) is 0 Å². The van der Waals surface area contributed by atoms with Crippen LogP contribution in [-0.2, 0) is 0 Å². The number of fused-ring (bicyclic) bond motifs is 1. The highest BCUT2D eigenvalue weighted by atomic mass is 16.3. The summed E-state index contributed by atoms with van der Waals surface area (Å²) in [6.45, 7) is 5.54. The molecule has 0 aliphatic rings. The fraction of sp³-hybridized carbons (Fsp3) is 0.250. The number of carbonyl (C=O) groups is 2. The maximum atomic E-state index is 12.2. The Balaban J connectivity index is 2.89. The number of hydrogen-bond acceptors (Lipinski definition) is 3. The highest BCUT2D eigenvalue weighted by Crippen LogP contribution is 2.32. The van der Waals surface area contributed by atoms with Gasteiger partial charge in [-0.05, 0) is 37.8 Å². The number of Topliss-reactive ketones (excluding diaryl/α,β-unsaturated/α-hetero) is 1. The number of carbonyl (C=O) groups excluding carboxylic acids is 2. The highest BCUT2D eigenvalue weighted by Gasteiger charge is 2.18. The van der Waals surface area contributed by atoms with Crippen LogP contribution in [-0.4, -0.2) is 23.3 Å². The van der Waals surface area contributed by atoms with Crippen LogP contribution in [0.3, 0.4) is 0 Å². The quantitative estimate of drug-likeness (QED) is 0.844. The molecule has 0 heterocycles. The summed E-state index contributed by atoms with van der Waals surface area (Å²) in [5, 5.41) is 14.0. The Morgan fingerprint density at radius 3 is 2.55 bits per heavy atom. The molecule has 4 heteroatoms. The van der Waals surface area contributed by atoms with E-state index in [1.54, 1.807) is 25.1 Å². The van der Waals surface area contributed by atoms with E-state index in [9.17, 15) is 14.7 Å². The summed E-state index contributed by atoms with van der Waals surface area (Å²) in [6.07, 6.45) is 0. The van der Waals surface area contributed by atoms with E-state index in [0.29, 0.717) is 28.6 Å². The molecule has 2 aromatic rings. The lowest BCUT2D eigenvalue weighted by molar-refractivity contribution is 0.0957. The molecule has 0 unspecified atom stereocenters. The molecule has 1 amide bonds. The summed E-state index contributed by atoms with van der Waals surface area (Å²) in [5.74, 6) is -0.341. The molecule has 0 saturated heterocycles. The van der Waals surface area contributed by atoms with E-state index in [1.165, 1.54) is 13.0 Å². The molecular weight excluding hydrogens is 254 g/mol. The molecule has 0 saturated carbocycles. The van der Waals surface area contributed by atoms with E-state index in [0.717, 1.165) is 5.39 Å². The number of nitrogens with one attached hydrogen (secondary N) is 1. The smallest absolute Gasteiger partial charge is 0.252 e.